The summed E-state index contributed by atoms with van der Waals surface area (Å²) >= 11 is 11.0. The smallest absolute Gasteiger partial charge is 0.270 e. The third-order valence-corrected chi connectivity index (χ3v) is 1.77. The van der Waals surface area contributed by atoms with Crippen LogP contribution in [0, 0.1) is 0 Å². The Morgan fingerprint density at radius 1 is 1.70 bits per heavy atom. The standard InChI is InChI=1S/C5H4Cl2N2O/c6-1-3-4(7)5(10)9-2-8-3/h2,4H,1H2. The van der Waals surface area contributed by atoms with Gasteiger partial charge in [0.2, 0.25) is 0 Å². The van der Waals surface area contributed by atoms with Gasteiger partial charge >= 0.3 is 0 Å². The molecule has 0 aromatic heterocycles. The number of carbonyl (C=O) groups excluding carboxylic acids is 1. The quantitative estimate of drug-likeness (QED) is 0.550. The molecule has 5 heteroatoms. The molecule has 3 nitrogen and oxygen atoms in total. The van der Waals surface area contributed by atoms with E-state index < -0.39 is 11.3 Å². The number of hydrogen-bond donors (Lipinski definition) is 0. The van der Waals surface area contributed by atoms with Crippen LogP contribution in [-0.2, 0) is 4.79 Å². The van der Waals surface area contributed by atoms with Gasteiger partial charge in [0.05, 0.1) is 11.6 Å². The van der Waals surface area contributed by atoms with Gasteiger partial charge in [-0.2, -0.15) is 4.99 Å². The van der Waals surface area contributed by atoms with E-state index in [1.807, 2.05) is 0 Å². The zero-order chi connectivity index (χ0) is 7.56. The molecule has 0 N–H and O–H groups in total. The van der Waals surface area contributed by atoms with E-state index in [0.29, 0.717) is 5.71 Å². The molecule has 0 saturated carbocycles. The summed E-state index contributed by atoms with van der Waals surface area (Å²) in [6, 6.07) is 0. The number of amides is 1. The number of nitrogens with zero attached hydrogens (tertiary/aromatic N) is 2. The second kappa shape index (κ2) is 3.12. The topological polar surface area (TPSA) is 41.8 Å². The average Bonchev–Trinajstić information content (AvgIpc) is 1.95. The molecule has 0 aromatic rings. The molecular weight excluding hydrogens is 175 g/mol. The second-order valence-corrected chi connectivity index (χ2v) is 2.40. The van der Waals surface area contributed by atoms with Crippen molar-refractivity contribution >= 4 is 41.2 Å². The van der Waals surface area contributed by atoms with Crippen LogP contribution in [0.2, 0.25) is 0 Å². The van der Waals surface area contributed by atoms with Crippen molar-refractivity contribution in [2.75, 3.05) is 5.88 Å². The first-order chi connectivity index (χ1) is 4.75. The molecule has 0 fully saturated rings. The van der Waals surface area contributed by atoms with Gasteiger partial charge in [0, 0.05) is 0 Å². The van der Waals surface area contributed by atoms with E-state index in [0.717, 1.165) is 0 Å². The Balaban J connectivity index is 2.81. The molecule has 0 aromatic carbocycles. The van der Waals surface area contributed by atoms with E-state index in [4.69, 9.17) is 23.2 Å². The Hall–Kier alpha value is -0.410. The molecule has 54 valence electrons. The molecule has 0 bridgehead atoms. The highest BCUT2D eigenvalue weighted by Crippen LogP contribution is 2.06. The summed E-state index contributed by atoms with van der Waals surface area (Å²) in [6.45, 7) is 0. The summed E-state index contributed by atoms with van der Waals surface area (Å²) in [6.07, 6.45) is 1.17. The number of hydrogen-bond acceptors (Lipinski definition) is 2. The minimum Gasteiger partial charge on any atom is -0.270 e. The Morgan fingerprint density at radius 3 is 2.90 bits per heavy atom. The highest BCUT2D eigenvalue weighted by atomic mass is 35.5. The fourth-order valence-electron chi connectivity index (χ4n) is 0.536. The lowest BCUT2D eigenvalue weighted by atomic mass is 10.2. The molecule has 1 amide bonds. The van der Waals surface area contributed by atoms with Crippen LogP contribution >= 0.6 is 23.2 Å². The number of alkyl halides is 2. The molecule has 1 atom stereocenters. The molecule has 1 aliphatic heterocycles. The van der Waals surface area contributed by atoms with Crippen molar-refractivity contribution in [3.63, 3.8) is 0 Å². The van der Waals surface area contributed by atoms with Gasteiger partial charge in [-0.15, -0.1) is 23.2 Å². The average molecular weight is 179 g/mol. The molecule has 0 radical (unpaired) electrons. The summed E-state index contributed by atoms with van der Waals surface area (Å²) in [5.74, 6) is -0.223. The highest BCUT2D eigenvalue weighted by molar-refractivity contribution is 6.48. The third kappa shape index (κ3) is 1.36. The van der Waals surface area contributed by atoms with Gasteiger partial charge in [-0.3, -0.25) is 4.79 Å². The Morgan fingerprint density at radius 2 is 2.40 bits per heavy atom. The molecule has 0 spiro atoms. The zero-order valence-electron chi connectivity index (χ0n) is 4.92. The lowest BCUT2D eigenvalue weighted by Gasteiger charge is -2.07. The maximum Gasteiger partial charge on any atom is 0.271 e. The number of rotatable bonds is 1. The fraction of sp³-hybridized carbons (Fsp3) is 0.400. The SMILES string of the molecule is O=C1N=CN=C(CCl)C1Cl. The molecule has 1 heterocycles. The van der Waals surface area contributed by atoms with Gasteiger partial charge in [-0.25, -0.2) is 4.99 Å². The first-order valence-electron chi connectivity index (χ1n) is 2.58. The van der Waals surface area contributed by atoms with Crippen molar-refractivity contribution < 1.29 is 4.79 Å². The molecule has 1 aliphatic rings. The van der Waals surface area contributed by atoms with Crippen molar-refractivity contribution in [3.05, 3.63) is 0 Å². The first-order valence-corrected chi connectivity index (χ1v) is 3.56. The summed E-state index contributed by atoms with van der Waals surface area (Å²) < 4.78 is 0. The van der Waals surface area contributed by atoms with E-state index in [2.05, 4.69) is 9.98 Å². The van der Waals surface area contributed by atoms with Gasteiger partial charge < -0.3 is 0 Å². The van der Waals surface area contributed by atoms with Crippen molar-refractivity contribution in [2.24, 2.45) is 9.98 Å². The Bertz CT molecular complexity index is 212. The maximum atomic E-state index is 10.7. The lowest BCUT2D eigenvalue weighted by molar-refractivity contribution is -0.116. The van der Waals surface area contributed by atoms with E-state index in [-0.39, 0.29) is 5.88 Å². The minimum atomic E-state index is -0.762. The lowest BCUT2D eigenvalue weighted by Crippen LogP contribution is -2.27. The van der Waals surface area contributed by atoms with Gasteiger partial charge in [0.15, 0.2) is 5.38 Å². The van der Waals surface area contributed by atoms with Gasteiger partial charge in [0.1, 0.15) is 6.34 Å². The molecule has 0 saturated heterocycles. The van der Waals surface area contributed by atoms with Crippen LogP contribution in [0.25, 0.3) is 0 Å². The van der Waals surface area contributed by atoms with Crippen LogP contribution in [-0.4, -0.2) is 29.2 Å². The summed E-state index contributed by atoms with van der Waals surface area (Å²) in [5.41, 5.74) is 0.461. The van der Waals surface area contributed by atoms with Crippen LogP contribution in [0.15, 0.2) is 9.98 Å². The van der Waals surface area contributed by atoms with Gasteiger partial charge in [-0.05, 0) is 0 Å². The Labute approximate surface area is 67.8 Å². The second-order valence-electron chi connectivity index (χ2n) is 1.70. The van der Waals surface area contributed by atoms with Crippen molar-refractivity contribution in [1.82, 2.24) is 0 Å². The van der Waals surface area contributed by atoms with Crippen LogP contribution in [0.4, 0.5) is 0 Å². The zero-order valence-corrected chi connectivity index (χ0v) is 6.43. The van der Waals surface area contributed by atoms with Crippen molar-refractivity contribution in [2.45, 2.75) is 5.38 Å². The van der Waals surface area contributed by atoms with Crippen LogP contribution in [0.1, 0.15) is 0 Å². The number of halogens is 2. The molecule has 1 rings (SSSR count). The Kier molecular flexibility index (Phi) is 2.40. The summed E-state index contributed by atoms with van der Waals surface area (Å²) in [4.78, 5) is 17.8. The fourth-order valence-corrected chi connectivity index (χ4v) is 1.03. The number of carbonyl (C=O) groups is 1. The molecular formula is C5H4Cl2N2O. The summed E-state index contributed by atoms with van der Waals surface area (Å²) in [7, 11) is 0. The summed E-state index contributed by atoms with van der Waals surface area (Å²) in [5, 5.41) is -0.762. The van der Waals surface area contributed by atoms with Gasteiger partial charge in [-0.1, -0.05) is 0 Å². The highest BCUT2D eigenvalue weighted by Gasteiger charge is 2.22. The monoisotopic (exact) mass is 178 g/mol. The molecule has 0 aliphatic carbocycles. The molecule has 1 unspecified atom stereocenters. The van der Waals surface area contributed by atoms with Crippen LogP contribution in [0.5, 0.6) is 0 Å². The predicted octanol–water partition coefficient (Wildman–Crippen LogP) is 0.842. The van der Waals surface area contributed by atoms with Crippen LogP contribution in [0.3, 0.4) is 0 Å². The van der Waals surface area contributed by atoms with Crippen molar-refractivity contribution in [3.8, 4) is 0 Å². The van der Waals surface area contributed by atoms with Gasteiger partial charge in [0.25, 0.3) is 5.91 Å². The minimum absolute atomic E-state index is 0.173. The van der Waals surface area contributed by atoms with Crippen LogP contribution < -0.4 is 0 Å². The maximum absolute atomic E-state index is 10.7. The van der Waals surface area contributed by atoms with E-state index in [1.165, 1.54) is 6.34 Å². The largest absolute Gasteiger partial charge is 0.271 e. The molecule has 10 heavy (non-hydrogen) atoms. The van der Waals surface area contributed by atoms with Crippen molar-refractivity contribution in [1.29, 1.82) is 0 Å². The third-order valence-electron chi connectivity index (χ3n) is 1.05. The normalized spacial score (nSPS) is 24.8. The first kappa shape index (κ1) is 7.69. The van der Waals surface area contributed by atoms with E-state index in [1.54, 1.807) is 0 Å². The van der Waals surface area contributed by atoms with E-state index >= 15 is 0 Å². The van der Waals surface area contributed by atoms with E-state index in [9.17, 15) is 4.79 Å². The number of aliphatic imine (C=N–C) groups is 2. The predicted molar refractivity (Wildman–Crippen MR) is 41.3 cm³/mol.